The second kappa shape index (κ2) is 3.52. The molecule has 0 saturated heterocycles. The first-order valence-corrected chi connectivity index (χ1v) is 3.92. The van der Waals surface area contributed by atoms with Crippen molar-refractivity contribution in [3.8, 4) is 0 Å². The number of aromatic nitrogens is 1. The van der Waals surface area contributed by atoms with Gasteiger partial charge in [-0.15, -0.1) is 0 Å². The minimum Gasteiger partial charge on any atom is -0.353 e. The summed E-state index contributed by atoms with van der Waals surface area (Å²) in [5, 5.41) is 0. The molecule has 54 valence electrons. The topological polar surface area (TPSA) is 15.8 Å². The van der Waals surface area contributed by atoms with Crippen LogP contribution >= 0.6 is 12.2 Å². The highest BCUT2D eigenvalue weighted by Crippen LogP contribution is 2.01. The Kier molecular flexibility index (Phi) is 2.63. The number of hydrogen-bond donors (Lipinski definition) is 1. The molecule has 1 N–H and O–H groups in total. The Bertz CT molecular complexity index is 251. The van der Waals surface area contributed by atoms with Gasteiger partial charge in [-0.2, -0.15) is 0 Å². The van der Waals surface area contributed by atoms with Crippen LogP contribution in [0, 0.1) is 4.64 Å². The van der Waals surface area contributed by atoms with Crippen LogP contribution in [0.25, 0.3) is 0 Å². The second-order valence-electron chi connectivity index (χ2n) is 2.27. The zero-order chi connectivity index (χ0) is 7.40. The molecule has 1 nitrogen and oxygen atoms in total. The van der Waals surface area contributed by atoms with E-state index >= 15 is 0 Å². The van der Waals surface area contributed by atoms with Gasteiger partial charge in [0.25, 0.3) is 0 Å². The Morgan fingerprint density at radius 3 is 3.00 bits per heavy atom. The molecule has 0 unspecified atom stereocenters. The summed E-state index contributed by atoms with van der Waals surface area (Å²) in [6, 6.07) is 4.06. The zero-order valence-corrected chi connectivity index (χ0v) is 6.87. The summed E-state index contributed by atoms with van der Waals surface area (Å²) in [5.74, 6) is 0. The van der Waals surface area contributed by atoms with E-state index in [2.05, 4.69) is 18.0 Å². The summed E-state index contributed by atoms with van der Waals surface area (Å²) in [4.78, 5) is 3.00. The van der Waals surface area contributed by atoms with Crippen molar-refractivity contribution in [2.45, 2.75) is 19.8 Å². The van der Waals surface area contributed by atoms with Crippen molar-refractivity contribution in [3.05, 3.63) is 28.5 Å². The molecule has 0 saturated carbocycles. The average Bonchev–Trinajstić information content (AvgIpc) is 1.94. The average molecular weight is 153 g/mol. The molecule has 0 bridgehead atoms. The number of rotatable bonds is 2. The summed E-state index contributed by atoms with van der Waals surface area (Å²) in [6.45, 7) is 2.15. The highest BCUT2D eigenvalue weighted by molar-refractivity contribution is 7.71. The van der Waals surface area contributed by atoms with Crippen LogP contribution in [0.1, 0.15) is 18.9 Å². The fraction of sp³-hybridized carbons (Fsp3) is 0.375. The molecule has 0 amide bonds. The van der Waals surface area contributed by atoms with E-state index in [1.54, 1.807) is 0 Å². The molecule has 1 aromatic heterocycles. The first-order valence-electron chi connectivity index (χ1n) is 3.51. The van der Waals surface area contributed by atoms with Crippen molar-refractivity contribution in [3.63, 3.8) is 0 Å². The Balaban J connectivity index is 2.92. The molecule has 0 aromatic carbocycles. The van der Waals surface area contributed by atoms with Crippen molar-refractivity contribution >= 4 is 12.2 Å². The molecule has 0 atom stereocenters. The van der Waals surface area contributed by atoms with Crippen LogP contribution in [0.15, 0.2) is 18.3 Å². The van der Waals surface area contributed by atoms with E-state index in [1.807, 2.05) is 12.3 Å². The van der Waals surface area contributed by atoms with E-state index in [0.717, 1.165) is 17.5 Å². The molecule has 0 spiro atoms. The van der Waals surface area contributed by atoms with Gasteiger partial charge in [0.2, 0.25) is 0 Å². The van der Waals surface area contributed by atoms with E-state index in [9.17, 15) is 0 Å². The lowest BCUT2D eigenvalue weighted by atomic mass is 10.2. The van der Waals surface area contributed by atoms with E-state index in [0.29, 0.717) is 0 Å². The van der Waals surface area contributed by atoms with Gasteiger partial charge in [0, 0.05) is 6.20 Å². The van der Waals surface area contributed by atoms with Crippen molar-refractivity contribution in [1.82, 2.24) is 4.98 Å². The Labute approximate surface area is 66.1 Å². The molecule has 0 radical (unpaired) electrons. The minimum atomic E-state index is 0.879. The molecule has 0 fully saturated rings. The maximum Gasteiger partial charge on any atom is 0.106 e. The fourth-order valence-corrected chi connectivity index (χ4v) is 1.16. The van der Waals surface area contributed by atoms with E-state index in [4.69, 9.17) is 12.2 Å². The maximum atomic E-state index is 5.06. The molecule has 0 aliphatic heterocycles. The van der Waals surface area contributed by atoms with Crippen molar-refractivity contribution in [1.29, 1.82) is 0 Å². The quantitative estimate of drug-likeness (QED) is 0.646. The number of pyridine rings is 1. The van der Waals surface area contributed by atoms with E-state index in [-0.39, 0.29) is 0 Å². The second-order valence-corrected chi connectivity index (χ2v) is 2.68. The predicted octanol–water partition coefficient (Wildman–Crippen LogP) is 2.70. The number of aromatic amines is 1. The molecule has 1 aromatic rings. The lowest BCUT2D eigenvalue weighted by Gasteiger charge is -1.95. The van der Waals surface area contributed by atoms with Gasteiger partial charge in [0.05, 0.1) is 0 Å². The molecule has 1 rings (SSSR count). The monoisotopic (exact) mass is 153 g/mol. The van der Waals surface area contributed by atoms with E-state index in [1.165, 1.54) is 5.56 Å². The summed E-state index contributed by atoms with van der Waals surface area (Å²) in [6.07, 6.45) is 4.10. The maximum absolute atomic E-state index is 5.06. The molecule has 2 heteroatoms. The normalized spacial score (nSPS) is 9.70. The molecular weight excluding hydrogens is 142 g/mol. The minimum absolute atomic E-state index is 0.879. The standard InChI is InChI=1S/C8H11NS/c1-2-4-7-5-3-6-9-8(7)10/h3,5-6H,2,4H2,1H3,(H,9,10). The van der Waals surface area contributed by atoms with Crippen molar-refractivity contribution < 1.29 is 0 Å². The molecule has 1 heterocycles. The molecule has 0 aliphatic carbocycles. The van der Waals surface area contributed by atoms with Crippen LogP contribution in [0.3, 0.4) is 0 Å². The summed E-state index contributed by atoms with van der Waals surface area (Å²) >= 11 is 5.06. The zero-order valence-electron chi connectivity index (χ0n) is 6.05. The number of nitrogens with one attached hydrogen (secondary N) is 1. The Morgan fingerprint density at radius 1 is 1.60 bits per heavy atom. The van der Waals surface area contributed by atoms with Gasteiger partial charge >= 0.3 is 0 Å². The first kappa shape index (κ1) is 7.48. The SMILES string of the molecule is CCCc1ccc[nH]c1=S. The van der Waals surface area contributed by atoms with Gasteiger partial charge in [-0.3, -0.25) is 0 Å². The van der Waals surface area contributed by atoms with Gasteiger partial charge in [0.15, 0.2) is 0 Å². The number of H-pyrrole nitrogens is 1. The predicted molar refractivity (Wildman–Crippen MR) is 45.6 cm³/mol. The van der Waals surface area contributed by atoms with Crippen LogP contribution < -0.4 is 0 Å². The number of hydrogen-bond acceptors (Lipinski definition) is 1. The van der Waals surface area contributed by atoms with Gasteiger partial charge in [0.1, 0.15) is 4.64 Å². The largest absolute Gasteiger partial charge is 0.353 e. The van der Waals surface area contributed by atoms with E-state index < -0.39 is 0 Å². The molecular formula is C8H11NS. The third kappa shape index (κ3) is 1.67. The third-order valence-corrected chi connectivity index (χ3v) is 1.80. The van der Waals surface area contributed by atoms with Crippen LogP contribution in [0.5, 0.6) is 0 Å². The molecule has 0 aliphatic rings. The Morgan fingerprint density at radius 2 is 2.40 bits per heavy atom. The highest BCUT2D eigenvalue weighted by atomic mass is 32.1. The van der Waals surface area contributed by atoms with Crippen LogP contribution in [-0.4, -0.2) is 4.98 Å². The molecule has 10 heavy (non-hydrogen) atoms. The first-order chi connectivity index (χ1) is 4.84. The number of aryl methyl sites for hydroxylation is 1. The van der Waals surface area contributed by atoms with Gasteiger partial charge in [-0.1, -0.05) is 31.6 Å². The van der Waals surface area contributed by atoms with Gasteiger partial charge in [-0.05, 0) is 18.1 Å². The Hall–Kier alpha value is -0.630. The summed E-state index contributed by atoms with van der Waals surface area (Å²) in [7, 11) is 0. The van der Waals surface area contributed by atoms with Crippen molar-refractivity contribution in [2.24, 2.45) is 0 Å². The smallest absolute Gasteiger partial charge is 0.106 e. The lowest BCUT2D eigenvalue weighted by Crippen LogP contribution is -1.85. The summed E-state index contributed by atoms with van der Waals surface area (Å²) < 4.78 is 0.879. The van der Waals surface area contributed by atoms with Crippen LogP contribution in [0.4, 0.5) is 0 Å². The van der Waals surface area contributed by atoms with Crippen LogP contribution in [-0.2, 0) is 6.42 Å². The highest BCUT2D eigenvalue weighted by Gasteiger charge is 1.90. The van der Waals surface area contributed by atoms with Gasteiger partial charge < -0.3 is 4.98 Å². The fourth-order valence-electron chi connectivity index (χ4n) is 0.923. The van der Waals surface area contributed by atoms with Gasteiger partial charge in [-0.25, -0.2) is 0 Å². The third-order valence-electron chi connectivity index (χ3n) is 1.42. The summed E-state index contributed by atoms with van der Waals surface area (Å²) in [5.41, 5.74) is 1.25. The lowest BCUT2D eigenvalue weighted by molar-refractivity contribution is 0.909. The van der Waals surface area contributed by atoms with Crippen molar-refractivity contribution in [2.75, 3.05) is 0 Å². The van der Waals surface area contributed by atoms with Crippen LogP contribution in [0.2, 0.25) is 0 Å².